The molecule has 0 aliphatic carbocycles. The minimum absolute atomic E-state index is 0.0944. The van der Waals surface area contributed by atoms with Crippen LogP contribution in [0.3, 0.4) is 0 Å². The van der Waals surface area contributed by atoms with Gasteiger partial charge in [-0.25, -0.2) is 9.97 Å². The van der Waals surface area contributed by atoms with Crippen molar-refractivity contribution in [2.24, 2.45) is 0 Å². The highest BCUT2D eigenvalue weighted by molar-refractivity contribution is 5.44. The molecule has 2 rings (SSSR count). The Hall–Kier alpha value is -2.30. The van der Waals surface area contributed by atoms with Crippen LogP contribution in [0.1, 0.15) is 19.4 Å². The molecular weight excluding hydrogens is 252 g/mol. The Morgan fingerprint density at radius 3 is 2.75 bits per heavy atom. The predicted molar refractivity (Wildman–Crippen MR) is 80.8 cm³/mol. The molecule has 0 bridgehead atoms. The molecule has 0 atom stereocenters. The topological polar surface area (TPSA) is 64.3 Å². The molecule has 2 N–H and O–H groups in total. The van der Waals surface area contributed by atoms with Crippen molar-refractivity contribution in [1.29, 1.82) is 0 Å². The van der Waals surface area contributed by atoms with Crippen molar-refractivity contribution in [2.75, 3.05) is 17.7 Å². The van der Waals surface area contributed by atoms with Crippen molar-refractivity contribution < 1.29 is 4.74 Å². The van der Waals surface area contributed by atoms with Crippen molar-refractivity contribution in [2.45, 2.75) is 26.5 Å². The number of nitrogens with two attached hydrogens (primary N) is 1. The van der Waals surface area contributed by atoms with Gasteiger partial charge in [0.2, 0.25) is 5.88 Å². The summed E-state index contributed by atoms with van der Waals surface area (Å²) in [6, 6.07) is 9.67. The summed E-state index contributed by atoms with van der Waals surface area (Å²) >= 11 is 0. The molecule has 20 heavy (non-hydrogen) atoms. The lowest BCUT2D eigenvalue weighted by Gasteiger charge is -2.19. The number of benzene rings is 1. The van der Waals surface area contributed by atoms with Crippen LogP contribution in [0.2, 0.25) is 0 Å². The third-order valence-corrected chi connectivity index (χ3v) is 2.75. The summed E-state index contributed by atoms with van der Waals surface area (Å²) in [6.07, 6.45) is 1.61. The second-order valence-electron chi connectivity index (χ2n) is 4.98. The highest BCUT2D eigenvalue weighted by Crippen LogP contribution is 2.18. The molecule has 0 saturated carbocycles. The molecule has 1 aromatic carbocycles. The molecule has 0 radical (unpaired) electrons. The van der Waals surface area contributed by atoms with Gasteiger partial charge >= 0.3 is 0 Å². The largest absolute Gasteiger partial charge is 0.475 e. The van der Waals surface area contributed by atoms with E-state index < -0.39 is 0 Å². The minimum Gasteiger partial charge on any atom is -0.475 e. The second kappa shape index (κ2) is 6.23. The molecule has 0 aliphatic heterocycles. The van der Waals surface area contributed by atoms with Crippen molar-refractivity contribution in [1.82, 2.24) is 9.97 Å². The van der Waals surface area contributed by atoms with Gasteiger partial charge in [0.15, 0.2) is 0 Å². The number of hydrogen-bond donors (Lipinski definition) is 1. The van der Waals surface area contributed by atoms with Crippen LogP contribution in [-0.4, -0.2) is 23.1 Å². The summed E-state index contributed by atoms with van der Waals surface area (Å²) in [4.78, 5) is 10.4. The van der Waals surface area contributed by atoms with Crippen LogP contribution in [0.4, 0.5) is 11.5 Å². The Morgan fingerprint density at radius 1 is 1.25 bits per heavy atom. The average molecular weight is 272 g/mol. The molecular formula is C15H20N4O. The van der Waals surface area contributed by atoms with Gasteiger partial charge in [0.25, 0.3) is 0 Å². The summed E-state index contributed by atoms with van der Waals surface area (Å²) in [7, 11) is 1.98. The van der Waals surface area contributed by atoms with E-state index in [-0.39, 0.29) is 6.10 Å². The molecule has 5 nitrogen and oxygen atoms in total. The number of nitrogen functional groups attached to an aromatic ring is 1. The molecule has 106 valence electrons. The van der Waals surface area contributed by atoms with Crippen molar-refractivity contribution in [3.05, 3.63) is 42.2 Å². The first kappa shape index (κ1) is 14.1. The van der Waals surface area contributed by atoms with Gasteiger partial charge in [-0.3, -0.25) is 0 Å². The Labute approximate surface area is 119 Å². The monoisotopic (exact) mass is 272 g/mol. The fourth-order valence-corrected chi connectivity index (χ4v) is 1.89. The van der Waals surface area contributed by atoms with E-state index in [1.54, 1.807) is 0 Å². The number of ether oxygens (including phenoxy) is 1. The molecule has 0 spiro atoms. The zero-order valence-corrected chi connectivity index (χ0v) is 12.1. The highest BCUT2D eigenvalue weighted by atomic mass is 16.5. The number of nitrogens with zero attached hydrogens (tertiary/aromatic N) is 3. The minimum atomic E-state index is 0.0944. The lowest BCUT2D eigenvalue weighted by Crippen LogP contribution is -2.18. The maximum atomic E-state index is 5.79. The molecule has 0 amide bonds. The molecule has 1 aromatic heterocycles. The van der Waals surface area contributed by atoms with E-state index in [0.717, 1.165) is 23.6 Å². The third-order valence-electron chi connectivity index (χ3n) is 2.75. The van der Waals surface area contributed by atoms with Crippen molar-refractivity contribution >= 4 is 11.5 Å². The number of anilines is 2. The van der Waals surface area contributed by atoms with Crippen LogP contribution in [0, 0.1) is 0 Å². The zero-order chi connectivity index (χ0) is 14.5. The maximum Gasteiger partial charge on any atom is 0.218 e. The zero-order valence-electron chi connectivity index (χ0n) is 12.1. The van der Waals surface area contributed by atoms with E-state index in [4.69, 9.17) is 10.5 Å². The van der Waals surface area contributed by atoms with Crippen LogP contribution in [0.25, 0.3) is 0 Å². The first-order valence-electron chi connectivity index (χ1n) is 6.59. The second-order valence-corrected chi connectivity index (χ2v) is 4.98. The fourth-order valence-electron chi connectivity index (χ4n) is 1.89. The third kappa shape index (κ3) is 3.85. The summed E-state index contributed by atoms with van der Waals surface area (Å²) in [6.45, 7) is 4.67. The van der Waals surface area contributed by atoms with Gasteiger partial charge in [0.1, 0.15) is 12.1 Å². The van der Waals surface area contributed by atoms with Crippen LogP contribution < -0.4 is 15.4 Å². The quantitative estimate of drug-likeness (QED) is 0.847. The predicted octanol–water partition coefficient (Wildman–Crippen LogP) is 2.48. The van der Waals surface area contributed by atoms with Crippen molar-refractivity contribution in [3.8, 4) is 5.88 Å². The standard InChI is InChI=1S/C15H20N4O/c1-11(2)20-15-8-14(17-10-18-15)19(3)9-12-5-4-6-13(16)7-12/h4-8,10-11H,9,16H2,1-3H3. The first-order valence-corrected chi connectivity index (χ1v) is 6.59. The Bertz CT molecular complexity index is 571. The number of hydrogen-bond acceptors (Lipinski definition) is 5. The van der Waals surface area contributed by atoms with E-state index in [2.05, 4.69) is 9.97 Å². The SMILES string of the molecule is CC(C)Oc1cc(N(C)Cc2cccc(N)c2)ncn1. The van der Waals surface area contributed by atoms with E-state index in [0.29, 0.717) is 5.88 Å². The number of rotatable bonds is 5. The highest BCUT2D eigenvalue weighted by Gasteiger charge is 2.07. The fraction of sp³-hybridized carbons (Fsp3) is 0.333. The summed E-state index contributed by atoms with van der Waals surface area (Å²) in [5.74, 6) is 1.41. The van der Waals surface area contributed by atoms with Crippen molar-refractivity contribution in [3.63, 3.8) is 0 Å². The van der Waals surface area contributed by atoms with E-state index >= 15 is 0 Å². The lowest BCUT2D eigenvalue weighted by molar-refractivity contribution is 0.232. The van der Waals surface area contributed by atoms with Gasteiger partial charge in [0.05, 0.1) is 6.10 Å². The van der Waals surface area contributed by atoms with Gasteiger partial charge < -0.3 is 15.4 Å². The van der Waals surface area contributed by atoms with E-state index in [1.807, 2.05) is 56.1 Å². The normalized spacial score (nSPS) is 10.6. The Kier molecular flexibility index (Phi) is 4.40. The number of aromatic nitrogens is 2. The molecule has 0 fully saturated rings. The molecule has 0 unspecified atom stereocenters. The molecule has 0 saturated heterocycles. The smallest absolute Gasteiger partial charge is 0.218 e. The maximum absolute atomic E-state index is 5.79. The molecule has 2 aromatic rings. The van der Waals surface area contributed by atoms with Crippen LogP contribution in [-0.2, 0) is 6.54 Å². The summed E-state index contributed by atoms with van der Waals surface area (Å²) < 4.78 is 5.58. The van der Waals surface area contributed by atoms with E-state index in [1.165, 1.54) is 6.33 Å². The van der Waals surface area contributed by atoms with E-state index in [9.17, 15) is 0 Å². The van der Waals surface area contributed by atoms with Crippen LogP contribution >= 0.6 is 0 Å². The van der Waals surface area contributed by atoms with Crippen LogP contribution in [0.5, 0.6) is 5.88 Å². The van der Waals surface area contributed by atoms with Gasteiger partial charge in [0, 0.05) is 25.3 Å². The first-order chi connectivity index (χ1) is 9.54. The molecule has 1 heterocycles. The summed E-state index contributed by atoms with van der Waals surface area (Å²) in [5.41, 5.74) is 7.69. The summed E-state index contributed by atoms with van der Waals surface area (Å²) in [5, 5.41) is 0. The van der Waals surface area contributed by atoms with Gasteiger partial charge in [-0.1, -0.05) is 12.1 Å². The Morgan fingerprint density at radius 2 is 2.05 bits per heavy atom. The average Bonchev–Trinajstić information content (AvgIpc) is 2.38. The lowest BCUT2D eigenvalue weighted by atomic mass is 10.2. The Balaban J connectivity index is 2.10. The molecule has 0 aliphatic rings. The van der Waals surface area contributed by atoms with Gasteiger partial charge in [-0.05, 0) is 31.5 Å². The van der Waals surface area contributed by atoms with Gasteiger partial charge in [-0.15, -0.1) is 0 Å². The van der Waals surface area contributed by atoms with Gasteiger partial charge in [-0.2, -0.15) is 0 Å². The van der Waals surface area contributed by atoms with Crippen LogP contribution in [0.15, 0.2) is 36.7 Å². The molecule has 5 heteroatoms.